The maximum absolute atomic E-state index is 14.1. The lowest BCUT2D eigenvalue weighted by molar-refractivity contribution is -0.286. The summed E-state index contributed by atoms with van der Waals surface area (Å²) in [5, 5.41) is 0. The summed E-state index contributed by atoms with van der Waals surface area (Å²) < 4.78 is 130. The molecule has 316 valence electrons. The number of ether oxygens (including phenoxy) is 4. The van der Waals surface area contributed by atoms with Gasteiger partial charge in [-0.2, -0.15) is 0 Å². The van der Waals surface area contributed by atoms with Crippen molar-refractivity contribution in [2.45, 2.75) is 63.2 Å². The van der Waals surface area contributed by atoms with E-state index < -0.39 is 53.7 Å². The van der Waals surface area contributed by atoms with Gasteiger partial charge in [-0.25, -0.2) is 36.3 Å². The molecule has 10 rings (SSSR count). The SMILES string of the molecule is C[C@@H]1OC(c2c(F)cccc2F)=N[C@@H]1c1ccc(-c2ccc3c(c2)CC(F)(F)C3)cc1.C[C@H]1OC(c2c(F)cccc2F)=NC1c1ccc(-c2ccc3c(c2)OC(F)(F)O3)cc1. The van der Waals surface area contributed by atoms with Crippen molar-refractivity contribution >= 4 is 11.8 Å². The van der Waals surface area contributed by atoms with E-state index in [4.69, 9.17) is 9.47 Å². The molecule has 0 bridgehead atoms. The van der Waals surface area contributed by atoms with Crippen LogP contribution in [0.5, 0.6) is 11.5 Å². The van der Waals surface area contributed by atoms with Gasteiger partial charge in [0.1, 0.15) is 58.7 Å². The first-order chi connectivity index (χ1) is 29.6. The van der Waals surface area contributed by atoms with E-state index in [9.17, 15) is 35.1 Å². The Morgan fingerprint density at radius 2 is 0.903 bits per heavy atom. The van der Waals surface area contributed by atoms with Crippen molar-refractivity contribution in [3.63, 3.8) is 0 Å². The molecule has 62 heavy (non-hydrogen) atoms. The number of halogens is 8. The highest BCUT2D eigenvalue weighted by molar-refractivity contribution is 5.96. The Bertz CT molecular complexity index is 2530. The summed E-state index contributed by atoms with van der Waals surface area (Å²) in [7, 11) is 0. The van der Waals surface area contributed by atoms with Crippen molar-refractivity contribution in [3.8, 4) is 33.8 Å². The number of hydrogen-bond donors (Lipinski definition) is 0. The van der Waals surface area contributed by atoms with Crippen LogP contribution >= 0.6 is 0 Å². The molecule has 1 unspecified atom stereocenters. The maximum Gasteiger partial charge on any atom is 0.586 e. The van der Waals surface area contributed by atoms with Gasteiger partial charge in [0.05, 0.1) is 0 Å². The van der Waals surface area contributed by atoms with Crippen molar-refractivity contribution in [1.29, 1.82) is 0 Å². The molecule has 6 aromatic carbocycles. The van der Waals surface area contributed by atoms with Crippen LogP contribution in [-0.4, -0.2) is 36.2 Å². The molecule has 4 atom stereocenters. The second-order valence-corrected chi connectivity index (χ2v) is 15.4. The van der Waals surface area contributed by atoms with E-state index in [-0.39, 0.29) is 53.4 Å². The highest BCUT2D eigenvalue weighted by Gasteiger charge is 2.43. The van der Waals surface area contributed by atoms with Crippen LogP contribution in [0.25, 0.3) is 22.3 Å². The van der Waals surface area contributed by atoms with Crippen LogP contribution in [0.3, 0.4) is 0 Å². The molecule has 0 spiro atoms. The van der Waals surface area contributed by atoms with Crippen molar-refractivity contribution < 1.29 is 54.1 Å². The fraction of sp³-hybridized carbons (Fsp3) is 0.208. The van der Waals surface area contributed by atoms with Crippen LogP contribution in [0.15, 0.2) is 131 Å². The molecule has 0 saturated carbocycles. The molecule has 0 N–H and O–H groups in total. The summed E-state index contributed by atoms with van der Waals surface area (Å²) in [4.78, 5) is 8.82. The number of benzene rings is 6. The van der Waals surface area contributed by atoms with Crippen molar-refractivity contribution in [2.24, 2.45) is 9.98 Å². The third-order valence-corrected chi connectivity index (χ3v) is 11.0. The second kappa shape index (κ2) is 15.6. The predicted octanol–water partition coefficient (Wildman–Crippen LogP) is 12.1. The molecule has 3 aliphatic heterocycles. The monoisotopic (exact) mass is 854 g/mol. The first kappa shape index (κ1) is 40.7. The van der Waals surface area contributed by atoms with Crippen LogP contribution in [0.1, 0.15) is 59.3 Å². The molecular formula is C48H34F8N2O4. The first-order valence-electron chi connectivity index (χ1n) is 19.6. The normalized spacial score (nSPS) is 21.3. The zero-order chi connectivity index (χ0) is 43.5. The Morgan fingerprint density at radius 1 is 0.484 bits per heavy atom. The maximum atomic E-state index is 14.1. The number of nitrogens with zero attached hydrogens (tertiary/aromatic N) is 2. The minimum absolute atomic E-state index is 0.0236. The fourth-order valence-electron chi connectivity index (χ4n) is 7.98. The lowest BCUT2D eigenvalue weighted by atomic mass is 9.97. The standard InChI is InChI=1S/C25H19F4NO.C23H15F4NO3/c1-14-23(30-24(31-14)22-20(26)3-2-4-21(22)27)16-7-5-15(6-8-16)17-9-10-18-12-25(28,29)13-19(18)11-17;1-12-21(28-22(29-12)20-16(24)3-2-4-17(20)25)14-7-5-13(6-8-14)15-9-10-18-19(11-15)31-23(26,27)30-18/h2-11,14,23H,12-13H2,1H3;2-12,21H,1H3/t14-,23-;12-,21?/m01/s1. The van der Waals surface area contributed by atoms with Crippen LogP contribution in [-0.2, 0) is 22.3 Å². The topological polar surface area (TPSA) is 61.6 Å². The van der Waals surface area contributed by atoms with E-state index in [0.717, 1.165) is 39.9 Å². The van der Waals surface area contributed by atoms with E-state index in [1.165, 1.54) is 36.4 Å². The molecule has 4 aliphatic rings. The van der Waals surface area contributed by atoms with Gasteiger partial charge in [0, 0.05) is 12.8 Å². The Morgan fingerprint density at radius 3 is 1.40 bits per heavy atom. The second-order valence-electron chi connectivity index (χ2n) is 15.4. The van der Waals surface area contributed by atoms with Crippen molar-refractivity contribution in [1.82, 2.24) is 0 Å². The van der Waals surface area contributed by atoms with Gasteiger partial charge in [-0.15, -0.1) is 8.78 Å². The highest BCUT2D eigenvalue weighted by atomic mass is 19.3. The number of fused-ring (bicyclic) bond motifs is 2. The Kier molecular flexibility index (Phi) is 10.3. The molecule has 3 heterocycles. The quantitative estimate of drug-likeness (QED) is 0.157. The average Bonchev–Trinajstić information content (AvgIpc) is 3.98. The van der Waals surface area contributed by atoms with E-state index in [0.29, 0.717) is 16.7 Å². The fourth-order valence-corrected chi connectivity index (χ4v) is 7.98. The highest BCUT2D eigenvalue weighted by Crippen LogP contribution is 2.44. The van der Waals surface area contributed by atoms with Gasteiger partial charge in [-0.1, -0.05) is 84.9 Å². The summed E-state index contributed by atoms with van der Waals surface area (Å²) >= 11 is 0. The summed E-state index contributed by atoms with van der Waals surface area (Å²) in [5.74, 6) is -5.77. The van der Waals surface area contributed by atoms with E-state index in [2.05, 4.69) is 19.5 Å². The molecule has 6 aromatic rings. The number of hydrogen-bond acceptors (Lipinski definition) is 6. The van der Waals surface area contributed by atoms with Crippen LogP contribution in [0.4, 0.5) is 35.1 Å². The first-order valence-corrected chi connectivity index (χ1v) is 19.6. The van der Waals surface area contributed by atoms with Crippen LogP contribution in [0, 0.1) is 23.3 Å². The zero-order valence-corrected chi connectivity index (χ0v) is 32.8. The van der Waals surface area contributed by atoms with Gasteiger partial charge in [-0.05, 0) is 94.8 Å². The molecule has 0 saturated heterocycles. The third kappa shape index (κ3) is 7.96. The summed E-state index contributed by atoms with van der Waals surface area (Å²) in [6.45, 7) is 3.57. The van der Waals surface area contributed by atoms with Gasteiger partial charge in [-0.3, -0.25) is 0 Å². The molecular weight excluding hydrogens is 821 g/mol. The molecule has 0 amide bonds. The largest absolute Gasteiger partial charge is 0.586 e. The zero-order valence-electron chi connectivity index (χ0n) is 32.8. The summed E-state index contributed by atoms with van der Waals surface area (Å²) in [6.07, 6.45) is -4.91. The lowest BCUT2D eigenvalue weighted by Gasteiger charge is -2.14. The van der Waals surface area contributed by atoms with E-state index in [1.807, 2.05) is 48.5 Å². The Labute approximate surface area is 350 Å². The van der Waals surface area contributed by atoms with E-state index in [1.54, 1.807) is 38.1 Å². The molecule has 6 nitrogen and oxygen atoms in total. The summed E-state index contributed by atoms with van der Waals surface area (Å²) in [5.41, 5.74) is 5.67. The Hall–Kier alpha value is -6.70. The average molecular weight is 855 g/mol. The molecule has 1 aliphatic carbocycles. The smallest absolute Gasteiger partial charge is 0.472 e. The molecule has 14 heteroatoms. The minimum atomic E-state index is -3.67. The lowest BCUT2D eigenvalue weighted by Crippen LogP contribution is -2.25. The predicted molar refractivity (Wildman–Crippen MR) is 215 cm³/mol. The minimum Gasteiger partial charge on any atom is -0.472 e. The number of alkyl halides is 4. The van der Waals surface area contributed by atoms with Gasteiger partial charge >= 0.3 is 6.29 Å². The molecule has 0 fully saturated rings. The van der Waals surface area contributed by atoms with Gasteiger partial charge < -0.3 is 18.9 Å². The molecule has 0 radical (unpaired) electrons. The van der Waals surface area contributed by atoms with Crippen molar-refractivity contribution in [3.05, 3.63) is 178 Å². The Balaban J connectivity index is 0.000000158. The van der Waals surface area contributed by atoms with Gasteiger partial charge in [0.25, 0.3) is 5.92 Å². The van der Waals surface area contributed by atoms with E-state index >= 15 is 0 Å². The number of aliphatic imine (C=N–C) groups is 2. The third-order valence-electron chi connectivity index (χ3n) is 11.0. The molecule has 0 aromatic heterocycles. The summed E-state index contributed by atoms with van der Waals surface area (Å²) in [6, 6.07) is 31.1. The van der Waals surface area contributed by atoms with Gasteiger partial charge in [0.15, 0.2) is 11.5 Å². The van der Waals surface area contributed by atoms with Crippen LogP contribution < -0.4 is 9.47 Å². The van der Waals surface area contributed by atoms with Crippen molar-refractivity contribution in [2.75, 3.05) is 0 Å². The van der Waals surface area contributed by atoms with Gasteiger partial charge in [0.2, 0.25) is 11.8 Å². The number of rotatable bonds is 6. The van der Waals surface area contributed by atoms with Crippen LogP contribution in [0.2, 0.25) is 0 Å².